The highest BCUT2D eigenvalue weighted by Crippen LogP contribution is 2.32. The molecule has 16 heavy (non-hydrogen) atoms. The van der Waals surface area contributed by atoms with Gasteiger partial charge in [-0.25, -0.2) is 0 Å². The molecule has 0 heterocycles. The van der Waals surface area contributed by atoms with E-state index in [1.54, 1.807) is 11.8 Å². The topological polar surface area (TPSA) is 26.3 Å². The molecule has 0 bridgehead atoms. The summed E-state index contributed by atoms with van der Waals surface area (Å²) in [5, 5.41) is 0.242. The van der Waals surface area contributed by atoms with E-state index in [1.165, 1.54) is 11.8 Å². The molecule has 2 atom stereocenters. The highest BCUT2D eigenvalue weighted by atomic mass is 32.2. The normalized spacial score (nSPS) is 23.3. The van der Waals surface area contributed by atoms with E-state index in [1.807, 2.05) is 18.2 Å². The van der Waals surface area contributed by atoms with Gasteiger partial charge in [0, 0.05) is 18.2 Å². The molecular weight excluding hydrogens is 220 g/mol. The SMILES string of the molecule is CC(=O)O[C@@H]1CC=C[C@H]1Sc1ccccc1. The van der Waals surface area contributed by atoms with Crippen LogP contribution < -0.4 is 0 Å². The molecule has 0 spiro atoms. The Bertz CT molecular complexity index is 386. The number of carbonyl (C=O) groups excluding carboxylic acids is 1. The van der Waals surface area contributed by atoms with Gasteiger partial charge in [-0.2, -0.15) is 0 Å². The maximum atomic E-state index is 10.9. The second-order valence-electron chi connectivity index (χ2n) is 3.71. The van der Waals surface area contributed by atoms with Crippen LogP contribution in [0.4, 0.5) is 0 Å². The fourth-order valence-corrected chi connectivity index (χ4v) is 2.84. The first-order valence-corrected chi connectivity index (χ1v) is 6.19. The van der Waals surface area contributed by atoms with Crippen molar-refractivity contribution in [1.82, 2.24) is 0 Å². The van der Waals surface area contributed by atoms with Crippen LogP contribution in [0.25, 0.3) is 0 Å². The number of carbonyl (C=O) groups is 1. The molecule has 1 aromatic carbocycles. The fourth-order valence-electron chi connectivity index (χ4n) is 1.70. The van der Waals surface area contributed by atoms with Crippen LogP contribution in [0.1, 0.15) is 13.3 Å². The van der Waals surface area contributed by atoms with Gasteiger partial charge in [0.1, 0.15) is 6.10 Å². The van der Waals surface area contributed by atoms with Gasteiger partial charge in [0.15, 0.2) is 0 Å². The van der Waals surface area contributed by atoms with Crippen LogP contribution in [0.5, 0.6) is 0 Å². The zero-order chi connectivity index (χ0) is 11.4. The third-order valence-corrected chi connectivity index (χ3v) is 3.67. The van der Waals surface area contributed by atoms with Crippen molar-refractivity contribution in [2.24, 2.45) is 0 Å². The second kappa shape index (κ2) is 5.21. The number of benzene rings is 1. The Hall–Kier alpha value is -1.22. The Morgan fingerprint density at radius 1 is 1.38 bits per heavy atom. The molecule has 0 saturated carbocycles. The number of rotatable bonds is 3. The summed E-state index contributed by atoms with van der Waals surface area (Å²) >= 11 is 1.74. The average molecular weight is 234 g/mol. The van der Waals surface area contributed by atoms with E-state index < -0.39 is 0 Å². The van der Waals surface area contributed by atoms with Gasteiger partial charge in [-0.3, -0.25) is 4.79 Å². The molecule has 0 aliphatic heterocycles. The molecule has 1 aliphatic carbocycles. The molecule has 1 aliphatic rings. The Morgan fingerprint density at radius 2 is 2.12 bits per heavy atom. The van der Waals surface area contributed by atoms with Crippen molar-refractivity contribution in [2.75, 3.05) is 0 Å². The third-order valence-electron chi connectivity index (χ3n) is 2.39. The number of ether oxygens (including phenoxy) is 1. The Kier molecular flexibility index (Phi) is 3.67. The minimum Gasteiger partial charge on any atom is -0.461 e. The molecule has 1 aromatic rings. The lowest BCUT2D eigenvalue weighted by molar-refractivity contribution is -0.145. The molecular formula is C13H14O2S. The maximum absolute atomic E-state index is 10.9. The standard InChI is InChI=1S/C13H14O2S/c1-10(14)15-12-8-5-9-13(12)16-11-6-3-2-4-7-11/h2-7,9,12-13H,8H2,1H3/t12-,13-/m1/s1. The Balaban J connectivity index is 1.98. The van der Waals surface area contributed by atoms with Crippen molar-refractivity contribution in [3.8, 4) is 0 Å². The Morgan fingerprint density at radius 3 is 2.81 bits per heavy atom. The van der Waals surface area contributed by atoms with Crippen LogP contribution in [-0.2, 0) is 9.53 Å². The zero-order valence-electron chi connectivity index (χ0n) is 9.13. The summed E-state index contributed by atoms with van der Waals surface area (Å²) in [5.41, 5.74) is 0. The van der Waals surface area contributed by atoms with E-state index in [0.29, 0.717) is 0 Å². The molecule has 0 saturated heterocycles. The number of hydrogen-bond acceptors (Lipinski definition) is 3. The van der Waals surface area contributed by atoms with Crippen LogP contribution in [0.15, 0.2) is 47.4 Å². The van der Waals surface area contributed by atoms with Gasteiger partial charge in [0.05, 0.1) is 5.25 Å². The predicted octanol–water partition coefficient (Wildman–Crippen LogP) is 3.04. The smallest absolute Gasteiger partial charge is 0.302 e. The van der Waals surface area contributed by atoms with Crippen molar-refractivity contribution in [3.63, 3.8) is 0 Å². The molecule has 0 radical (unpaired) electrons. The first kappa shape index (κ1) is 11.3. The van der Waals surface area contributed by atoms with Gasteiger partial charge < -0.3 is 4.74 Å². The summed E-state index contributed by atoms with van der Waals surface area (Å²) in [5.74, 6) is -0.202. The van der Waals surface area contributed by atoms with Gasteiger partial charge in [0.2, 0.25) is 0 Å². The minimum atomic E-state index is -0.202. The van der Waals surface area contributed by atoms with Gasteiger partial charge in [0.25, 0.3) is 0 Å². The van der Waals surface area contributed by atoms with Crippen LogP contribution in [0, 0.1) is 0 Å². The first-order chi connectivity index (χ1) is 7.75. The largest absolute Gasteiger partial charge is 0.461 e. The fraction of sp³-hybridized carbons (Fsp3) is 0.308. The van der Waals surface area contributed by atoms with Gasteiger partial charge in [-0.1, -0.05) is 30.4 Å². The molecule has 3 heteroatoms. The highest BCUT2D eigenvalue weighted by Gasteiger charge is 2.26. The van der Waals surface area contributed by atoms with E-state index in [2.05, 4.69) is 24.3 Å². The van der Waals surface area contributed by atoms with Crippen LogP contribution in [0.2, 0.25) is 0 Å². The molecule has 0 N–H and O–H groups in total. The average Bonchev–Trinajstić information content (AvgIpc) is 2.66. The minimum absolute atomic E-state index is 0.0114. The quantitative estimate of drug-likeness (QED) is 0.594. The van der Waals surface area contributed by atoms with E-state index in [4.69, 9.17) is 4.74 Å². The molecule has 0 unspecified atom stereocenters. The van der Waals surface area contributed by atoms with Crippen LogP contribution in [-0.4, -0.2) is 17.3 Å². The van der Waals surface area contributed by atoms with Crippen LogP contribution in [0.3, 0.4) is 0 Å². The zero-order valence-corrected chi connectivity index (χ0v) is 9.94. The summed E-state index contributed by atoms with van der Waals surface area (Å²) in [4.78, 5) is 12.1. The number of hydrogen-bond donors (Lipinski definition) is 0. The molecule has 2 nitrogen and oxygen atoms in total. The van der Waals surface area contributed by atoms with Crippen LogP contribution >= 0.6 is 11.8 Å². The monoisotopic (exact) mass is 234 g/mol. The number of thioether (sulfide) groups is 1. The Labute approximate surface area is 99.7 Å². The highest BCUT2D eigenvalue weighted by molar-refractivity contribution is 8.00. The van der Waals surface area contributed by atoms with Gasteiger partial charge >= 0.3 is 5.97 Å². The summed E-state index contributed by atoms with van der Waals surface area (Å²) in [6.07, 6.45) is 5.01. The molecule has 84 valence electrons. The maximum Gasteiger partial charge on any atom is 0.302 e. The lowest BCUT2D eigenvalue weighted by Gasteiger charge is -2.18. The van der Waals surface area contributed by atoms with E-state index in [0.717, 1.165) is 6.42 Å². The molecule has 2 rings (SSSR count). The molecule has 0 fully saturated rings. The summed E-state index contributed by atoms with van der Waals surface area (Å²) in [6, 6.07) is 10.2. The summed E-state index contributed by atoms with van der Waals surface area (Å²) in [7, 11) is 0. The summed E-state index contributed by atoms with van der Waals surface area (Å²) < 4.78 is 5.27. The van der Waals surface area contributed by atoms with Crippen molar-refractivity contribution in [3.05, 3.63) is 42.5 Å². The molecule has 0 aromatic heterocycles. The number of esters is 1. The van der Waals surface area contributed by atoms with Gasteiger partial charge in [-0.05, 0) is 12.1 Å². The molecule has 0 amide bonds. The summed E-state index contributed by atoms with van der Waals surface area (Å²) in [6.45, 7) is 1.46. The predicted molar refractivity (Wildman–Crippen MR) is 65.4 cm³/mol. The lowest BCUT2D eigenvalue weighted by Crippen LogP contribution is -2.22. The van der Waals surface area contributed by atoms with E-state index >= 15 is 0 Å². The van der Waals surface area contributed by atoms with Gasteiger partial charge in [-0.15, -0.1) is 11.8 Å². The lowest BCUT2D eigenvalue weighted by atomic mass is 10.3. The van der Waals surface area contributed by atoms with E-state index in [9.17, 15) is 4.79 Å². The third kappa shape index (κ3) is 2.89. The van der Waals surface area contributed by atoms with Crippen molar-refractivity contribution in [1.29, 1.82) is 0 Å². The second-order valence-corrected chi connectivity index (χ2v) is 4.96. The van der Waals surface area contributed by atoms with Crippen molar-refractivity contribution >= 4 is 17.7 Å². The first-order valence-electron chi connectivity index (χ1n) is 5.31. The van der Waals surface area contributed by atoms with Crippen molar-refractivity contribution < 1.29 is 9.53 Å². The van der Waals surface area contributed by atoms with Crippen molar-refractivity contribution in [2.45, 2.75) is 29.6 Å². The van der Waals surface area contributed by atoms with E-state index in [-0.39, 0.29) is 17.3 Å².